The first kappa shape index (κ1) is 11.4. The van der Waals surface area contributed by atoms with Gasteiger partial charge in [-0.25, -0.2) is 13.1 Å². The molecule has 0 radical (unpaired) electrons. The van der Waals surface area contributed by atoms with E-state index in [2.05, 4.69) is 14.7 Å². The fourth-order valence-corrected chi connectivity index (χ4v) is 3.49. The van der Waals surface area contributed by atoms with Crippen molar-refractivity contribution in [3.8, 4) is 0 Å². The number of sulfonamides is 1. The molecule has 0 spiro atoms. The minimum Gasteiger partial charge on any atom is -0.211 e. The van der Waals surface area contributed by atoms with Crippen LogP contribution >= 0.6 is 11.8 Å². The van der Waals surface area contributed by atoms with E-state index in [0.29, 0.717) is 4.24 Å². The van der Waals surface area contributed by atoms with Gasteiger partial charge in [0.1, 0.15) is 4.24 Å². The molecule has 0 saturated carbocycles. The lowest BCUT2D eigenvalue weighted by atomic mass is 10.5. The molecule has 1 aliphatic rings. The fourth-order valence-electron chi connectivity index (χ4n) is 0.928. The number of azide groups is 1. The Labute approximate surface area is 86.4 Å². The average Bonchev–Trinajstić information content (AvgIpc) is 2.65. The quantitative estimate of drug-likeness (QED) is 0.335. The maximum Gasteiger partial charge on any atom is 0.246 e. The lowest BCUT2D eigenvalue weighted by Crippen LogP contribution is -2.26. The van der Waals surface area contributed by atoms with Crippen LogP contribution in [0.4, 0.5) is 0 Å². The third kappa shape index (κ3) is 3.22. The van der Waals surface area contributed by atoms with Crippen LogP contribution in [0.1, 0.15) is 6.42 Å². The van der Waals surface area contributed by atoms with Gasteiger partial charge in [-0.2, -0.15) is 0 Å². The van der Waals surface area contributed by atoms with Crippen molar-refractivity contribution < 1.29 is 8.42 Å². The Bertz CT molecular complexity index is 369. The molecule has 0 unspecified atom stereocenters. The number of nitrogens with one attached hydrogen (secondary N) is 1. The lowest BCUT2D eigenvalue weighted by Gasteiger charge is -2.04. The first-order valence-corrected chi connectivity index (χ1v) is 6.47. The third-order valence-corrected chi connectivity index (χ3v) is 4.69. The summed E-state index contributed by atoms with van der Waals surface area (Å²) in [7, 11) is -3.35. The molecule has 1 heterocycles. The molecule has 0 aromatic rings. The molecule has 0 aromatic heterocycles. The van der Waals surface area contributed by atoms with E-state index in [1.54, 1.807) is 6.08 Å². The van der Waals surface area contributed by atoms with Crippen LogP contribution in [0.3, 0.4) is 0 Å². The molecule has 0 atom stereocenters. The van der Waals surface area contributed by atoms with Crippen LogP contribution in [0.2, 0.25) is 0 Å². The molecule has 6 nitrogen and oxygen atoms in total. The standard InChI is InChI=1S/C6H10N4O2S2/c7-10-8-3-4-9-14(11,12)6-2-1-5-13-6/h2,9H,1,3-5H2. The maximum atomic E-state index is 11.5. The van der Waals surface area contributed by atoms with Gasteiger partial charge in [0, 0.05) is 23.8 Å². The smallest absolute Gasteiger partial charge is 0.211 e. The summed E-state index contributed by atoms with van der Waals surface area (Å²) in [6, 6.07) is 0. The number of allylic oxidation sites excluding steroid dienone is 1. The van der Waals surface area contributed by atoms with Crippen LogP contribution in [0.5, 0.6) is 0 Å². The second kappa shape index (κ2) is 5.26. The van der Waals surface area contributed by atoms with Crippen LogP contribution in [-0.2, 0) is 10.0 Å². The number of hydrogen-bond acceptors (Lipinski definition) is 4. The molecule has 8 heteroatoms. The largest absolute Gasteiger partial charge is 0.246 e. The Balaban J connectivity index is 2.45. The van der Waals surface area contributed by atoms with Gasteiger partial charge in [-0.05, 0) is 12.0 Å². The zero-order valence-corrected chi connectivity index (χ0v) is 9.01. The molecule has 1 N–H and O–H groups in total. The fraction of sp³-hybridized carbons (Fsp3) is 0.667. The van der Waals surface area contributed by atoms with Crippen LogP contribution < -0.4 is 4.72 Å². The number of rotatable bonds is 5. The van der Waals surface area contributed by atoms with E-state index in [-0.39, 0.29) is 13.1 Å². The topological polar surface area (TPSA) is 94.9 Å². The second-order valence-corrected chi connectivity index (χ2v) is 5.64. The molecule has 1 aliphatic heterocycles. The molecule has 0 amide bonds. The van der Waals surface area contributed by atoms with Crippen molar-refractivity contribution in [2.24, 2.45) is 5.11 Å². The van der Waals surface area contributed by atoms with Gasteiger partial charge in [0.15, 0.2) is 0 Å². The van der Waals surface area contributed by atoms with Crippen LogP contribution in [0.15, 0.2) is 15.4 Å². The molecule has 0 saturated heterocycles. The minimum absolute atomic E-state index is 0.133. The zero-order valence-electron chi connectivity index (χ0n) is 7.38. The van der Waals surface area contributed by atoms with E-state index in [4.69, 9.17) is 5.53 Å². The van der Waals surface area contributed by atoms with Crippen LogP contribution in [-0.4, -0.2) is 27.3 Å². The Morgan fingerprint density at radius 1 is 1.71 bits per heavy atom. The van der Waals surface area contributed by atoms with E-state index in [1.807, 2.05) is 0 Å². The molecule has 0 fully saturated rings. The third-order valence-electron chi connectivity index (χ3n) is 1.51. The summed E-state index contributed by atoms with van der Waals surface area (Å²) >= 11 is 1.32. The summed E-state index contributed by atoms with van der Waals surface area (Å²) in [5.41, 5.74) is 7.97. The predicted octanol–water partition coefficient (Wildman–Crippen LogP) is 1.19. The second-order valence-electron chi connectivity index (χ2n) is 2.51. The van der Waals surface area contributed by atoms with Gasteiger partial charge in [0.2, 0.25) is 10.0 Å². The zero-order chi connectivity index (χ0) is 10.4. The highest BCUT2D eigenvalue weighted by atomic mass is 32.3. The Morgan fingerprint density at radius 3 is 3.07 bits per heavy atom. The molecular weight excluding hydrogens is 224 g/mol. The molecule has 0 aliphatic carbocycles. The maximum absolute atomic E-state index is 11.5. The van der Waals surface area contributed by atoms with Crippen molar-refractivity contribution in [3.63, 3.8) is 0 Å². The van der Waals surface area contributed by atoms with Gasteiger partial charge in [0.25, 0.3) is 0 Å². The van der Waals surface area contributed by atoms with Gasteiger partial charge in [-0.1, -0.05) is 11.2 Å². The number of thioether (sulfide) groups is 1. The SMILES string of the molecule is [N-]=[N+]=NCCNS(=O)(=O)C1=CCCS1. The molecule has 0 aromatic carbocycles. The number of hydrogen-bond donors (Lipinski definition) is 1. The van der Waals surface area contributed by atoms with Gasteiger partial charge in [-0.3, -0.25) is 0 Å². The monoisotopic (exact) mass is 234 g/mol. The van der Waals surface area contributed by atoms with Crippen molar-refractivity contribution in [3.05, 3.63) is 20.8 Å². The van der Waals surface area contributed by atoms with Gasteiger partial charge >= 0.3 is 0 Å². The predicted molar refractivity (Wildman–Crippen MR) is 56.1 cm³/mol. The molecule has 14 heavy (non-hydrogen) atoms. The highest BCUT2D eigenvalue weighted by Crippen LogP contribution is 2.28. The first-order chi connectivity index (χ1) is 6.67. The lowest BCUT2D eigenvalue weighted by molar-refractivity contribution is 0.590. The van der Waals surface area contributed by atoms with Crippen molar-refractivity contribution in [1.29, 1.82) is 0 Å². The summed E-state index contributed by atoms with van der Waals surface area (Å²) < 4.78 is 25.6. The summed E-state index contributed by atoms with van der Waals surface area (Å²) in [6.07, 6.45) is 2.48. The Morgan fingerprint density at radius 2 is 2.50 bits per heavy atom. The van der Waals surface area contributed by atoms with E-state index >= 15 is 0 Å². The van der Waals surface area contributed by atoms with E-state index in [9.17, 15) is 8.42 Å². The van der Waals surface area contributed by atoms with Gasteiger partial charge < -0.3 is 0 Å². The van der Waals surface area contributed by atoms with Gasteiger partial charge in [0.05, 0.1) is 0 Å². The molecule has 0 bridgehead atoms. The van der Waals surface area contributed by atoms with Gasteiger partial charge in [-0.15, -0.1) is 11.8 Å². The van der Waals surface area contributed by atoms with Crippen molar-refractivity contribution >= 4 is 21.8 Å². The highest BCUT2D eigenvalue weighted by molar-refractivity contribution is 8.18. The van der Waals surface area contributed by atoms with Crippen LogP contribution in [0.25, 0.3) is 10.4 Å². The average molecular weight is 234 g/mol. The Hall–Kier alpha value is -0.690. The summed E-state index contributed by atoms with van der Waals surface area (Å²) in [5, 5.41) is 3.23. The van der Waals surface area contributed by atoms with E-state index in [0.717, 1.165) is 12.2 Å². The Kier molecular flexibility index (Phi) is 4.27. The van der Waals surface area contributed by atoms with Crippen molar-refractivity contribution in [2.45, 2.75) is 6.42 Å². The van der Waals surface area contributed by atoms with Crippen molar-refractivity contribution in [2.75, 3.05) is 18.8 Å². The minimum atomic E-state index is -3.35. The normalized spacial score (nSPS) is 16.1. The number of nitrogens with zero attached hydrogens (tertiary/aromatic N) is 3. The van der Waals surface area contributed by atoms with E-state index < -0.39 is 10.0 Å². The highest BCUT2D eigenvalue weighted by Gasteiger charge is 2.19. The summed E-state index contributed by atoms with van der Waals surface area (Å²) in [4.78, 5) is 2.52. The van der Waals surface area contributed by atoms with Crippen LogP contribution in [0, 0.1) is 0 Å². The molecule has 1 rings (SSSR count). The molecular formula is C6H10N4O2S2. The van der Waals surface area contributed by atoms with E-state index in [1.165, 1.54) is 11.8 Å². The first-order valence-electron chi connectivity index (χ1n) is 4.00. The van der Waals surface area contributed by atoms with Crippen molar-refractivity contribution in [1.82, 2.24) is 4.72 Å². The summed E-state index contributed by atoms with van der Waals surface area (Å²) in [5.74, 6) is 0.812. The summed E-state index contributed by atoms with van der Waals surface area (Å²) in [6.45, 7) is 0.276. The molecule has 78 valence electrons.